The van der Waals surface area contributed by atoms with E-state index in [9.17, 15) is 9.59 Å². The van der Waals surface area contributed by atoms with Crippen molar-refractivity contribution in [3.63, 3.8) is 0 Å². The molecule has 25 heavy (non-hydrogen) atoms. The van der Waals surface area contributed by atoms with Crippen molar-refractivity contribution in [1.29, 1.82) is 0 Å². The van der Waals surface area contributed by atoms with Crippen LogP contribution in [-0.2, 0) is 9.53 Å². The maximum Gasteiger partial charge on any atom is 0.321 e. The second kappa shape index (κ2) is 8.19. The first-order chi connectivity index (χ1) is 12.0. The molecule has 0 spiro atoms. The standard InChI is InChI=1S/C18H24BrN3O3/c1-13-2-3-16(15(19)12-13)20-18(24)22-6-4-14(5-7-22)17(23)21-8-10-25-11-9-21/h2-3,12,14H,4-11H2,1H3,(H,20,24). The Labute approximate surface area is 156 Å². The van der Waals surface area contributed by atoms with Crippen molar-refractivity contribution in [2.75, 3.05) is 44.7 Å². The number of aryl methyl sites for hydroxylation is 1. The normalized spacial score (nSPS) is 19.0. The van der Waals surface area contributed by atoms with E-state index in [2.05, 4.69) is 21.2 Å². The Balaban J connectivity index is 1.51. The number of hydrogen-bond acceptors (Lipinski definition) is 3. The average Bonchev–Trinajstić information content (AvgIpc) is 2.64. The predicted molar refractivity (Wildman–Crippen MR) is 99.6 cm³/mol. The van der Waals surface area contributed by atoms with Crippen molar-refractivity contribution >= 4 is 33.6 Å². The number of rotatable bonds is 2. The summed E-state index contributed by atoms with van der Waals surface area (Å²) in [6.45, 7) is 5.83. The molecule has 2 heterocycles. The third-order valence-electron chi connectivity index (χ3n) is 4.82. The lowest BCUT2D eigenvalue weighted by Crippen LogP contribution is -2.48. The van der Waals surface area contributed by atoms with Gasteiger partial charge < -0.3 is 19.9 Å². The highest BCUT2D eigenvalue weighted by molar-refractivity contribution is 9.10. The minimum atomic E-state index is -0.109. The van der Waals surface area contributed by atoms with Crippen LogP contribution in [0.5, 0.6) is 0 Å². The Bertz CT molecular complexity index is 638. The zero-order chi connectivity index (χ0) is 17.8. The van der Waals surface area contributed by atoms with Gasteiger partial charge in [0.05, 0.1) is 18.9 Å². The molecule has 0 bridgehead atoms. The third kappa shape index (κ3) is 4.52. The molecule has 3 amide bonds. The number of nitrogens with zero attached hydrogens (tertiary/aromatic N) is 2. The summed E-state index contributed by atoms with van der Waals surface area (Å²) in [4.78, 5) is 28.7. The third-order valence-corrected chi connectivity index (χ3v) is 5.48. The number of hydrogen-bond donors (Lipinski definition) is 1. The molecule has 0 aromatic heterocycles. The molecule has 0 atom stereocenters. The Hall–Kier alpha value is -1.60. The van der Waals surface area contributed by atoms with Gasteiger partial charge in [0.15, 0.2) is 0 Å². The minimum absolute atomic E-state index is 0.0215. The fourth-order valence-electron chi connectivity index (χ4n) is 3.29. The Kier molecular flexibility index (Phi) is 5.96. The van der Waals surface area contributed by atoms with Gasteiger partial charge >= 0.3 is 6.03 Å². The summed E-state index contributed by atoms with van der Waals surface area (Å²) in [7, 11) is 0. The van der Waals surface area contributed by atoms with Crippen LogP contribution in [0, 0.1) is 12.8 Å². The number of benzene rings is 1. The van der Waals surface area contributed by atoms with E-state index in [1.807, 2.05) is 30.0 Å². The van der Waals surface area contributed by atoms with E-state index in [4.69, 9.17) is 4.74 Å². The average molecular weight is 410 g/mol. The summed E-state index contributed by atoms with van der Waals surface area (Å²) in [5.74, 6) is 0.234. The molecule has 0 unspecified atom stereocenters. The van der Waals surface area contributed by atoms with Crippen LogP contribution in [0.1, 0.15) is 18.4 Å². The highest BCUT2D eigenvalue weighted by Crippen LogP contribution is 2.25. The number of halogens is 1. The summed E-state index contributed by atoms with van der Waals surface area (Å²) < 4.78 is 6.17. The van der Waals surface area contributed by atoms with Crippen LogP contribution in [-0.4, -0.2) is 61.1 Å². The second-order valence-electron chi connectivity index (χ2n) is 6.61. The van der Waals surface area contributed by atoms with Gasteiger partial charge in [0.2, 0.25) is 5.91 Å². The molecule has 2 saturated heterocycles. The van der Waals surface area contributed by atoms with Crippen LogP contribution in [0.3, 0.4) is 0 Å². The number of anilines is 1. The van der Waals surface area contributed by atoms with Crippen molar-refractivity contribution in [2.24, 2.45) is 5.92 Å². The van der Waals surface area contributed by atoms with Gasteiger partial charge in [0.25, 0.3) is 0 Å². The van der Waals surface area contributed by atoms with E-state index in [1.54, 1.807) is 4.90 Å². The summed E-state index contributed by atoms with van der Waals surface area (Å²) in [6, 6.07) is 5.73. The molecule has 0 aliphatic carbocycles. The number of urea groups is 1. The van der Waals surface area contributed by atoms with Crippen LogP contribution < -0.4 is 5.32 Å². The van der Waals surface area contributed by atoms with Gasteiger partial charge in [-0.25, -0.2) is 4.79 Å². The smallest absolute Gasteiger partial charge is 0.321 e. The molecule has 2 fully saturated rings. The number of morpholine rings is 1. The molecule has 6 nitrogen and oxygen atoms in total. The van der Waals surface area contributed by atoms with E-state index < -0.39 is 0 Å². The fraction of sp³-hybridized carbons (Fsp3) is 0.556. The molecular formula is C18H24BrN3O3. The molecule has 7 heteroatoms. The molecule has 0 saturated carbocycles. The molecular weight excluding hydrogens is 386 g/mol. The number of piperidine rings is 1. The second-order valence-corrected chi connectivity index (χ2v) is 7.47. The molecule has 0 radical (unpaired) electrons. The fourth-order valence-corrected chi connectivity index (χ4v) is 3.88. The number of nitrogens with one attached hydrogen (secondary N) is 1. The topological polar surface area (TPSA) is 61.9 Å². The quantitative estimate of drug-likeness (QED) is 0.816. The predicted octanol–water partition coefficient (Wildman–Crippen LogP) is 2.86. The van der Waals surface area contributed by atoms with Gasteiger partial charge in [-0.1, -0.05) is 6.07 Å². The number of carbonyl (C=O) groups excluding carboxylic acids is 2. The van der Waals surface area contributed by atoms with Gasteiger partial charge in [-0.2, -0.15) is 0 Å². The van der Waals surface area contributed by atoms with Gasteiger partial charge in [0, 0.05) is 36.6 Å². The first-order valence-electron chi connectivity index (χ1n) is 8.73. The van der Waals surface area contributed by atoms with Gasteiger partial charge in [0.1, 0.15) is 0 Å². The SMILES string of the molecule is Cc1ccc(NC(=O)N2CCC(C(=O)N3CCOCC3)CC2)c(Br)c1. The number of ether oxygens (including phenoxy) is 1. The van der Waals surface area contributed by atoms with Crippen LogP contribution in [0.2, 0.25) is 0 Å². The lowest BCUT2D eigenvalue weighted by Gasteiger charge is -2.35. The zero-order valence-corrected chi connectivity index (χ0v) is 16.0. The van der Waals surface area contributed by atoms with Crippen LogP contribution >= 0.6 is 15.9 Å². The zero-order valence-electron chi connectivity index (χ0n) is 14.5. The van der Waals surface area contributed by atoms with Crippen molar-refractivity contribution in [1.82, 2.24) is 9.80 Å². The van der Waals surface area contributed by atoms with Gasteiger partial charge in [-0.3, -0.25) is 4.79 Å². The maximum absolute atomic E-state index is 12.5. The van der Waals surface area contributed by atoms with Crippen LogP contribution in [0.25, 0.3) is 0 Å². The molecule has 1 N–H and O–H groups in total. The van der Waals surface area contributed by atoms with E-state index in [0.717, 1.165) is 28.6 Å². The monoisotopic (exact) mass is 409 g/mol. The van der Waals surface area contributed by atoms with Crippen LogP contribution in [0.4, 0.5) is 10.5 Å². The Morgan fingerprint density at radius 1 is 1.12 bits per heavy atom. The molecule has 1 aromatic rings. The summed E-state index contributed by atoms with van der Waals surface area (Å²) in [5.41, 5.74) is 1.90. The van der Waals surface area contributed by atoms with E-state index in [-0.39, 0.29) is 17.9 Å². The van der Waals surface area contributed by atoms with E-state index in [1.165, 1.54) is 0 Å². The first kappa shape index (κ1) is 18.2. The number of amides is 3. The lowest BCUT2D eigenvalue weighted by atomic mass is 9.95. The minimum Gasteiger partial charge on any atom is -0.378 e. The summed E-state index contributed by atoms with van der Waals surface area (Å²) in [5, 5.41) is 2.94. The molecule has 2 aliphatic heterocycles. The van der Waals surface area contributed by atoms with Crippen molar-refractivity contribution < 1.29 is 14.3 Å². The van der Waals surface area contributed by atoms with E-state index >= 15 is 0 Å². The largest absolute Gasteiger partial charge is 0.378 e. The number of likely N-dealkylation sites (tertiary alicyclic amines) is 1. The van der Waals surface area contributed by atoms with Crippen LogP contribution in [0.15, 0.2) is 22.7 Å². The molecule has 136 valence electrons. The highest BCUT2D eigenvalue weighted by Gasteiger charge is 2.31. The first-order valence-corrected chi connectivity index (χ1v) is 9.52. The summed E-state index contributed by atoms with van der Waals surface area (Å²) >= 11 is 3.48. The molecule has 1 aromatic carbocycles. The Morgan fingerprint density at radius 2 is 1.80 bits per heavy atom. The van der Waals surface area contributed by atoms with E-state index in [0.29, 0.717) is 39.4 Å². The lowest BCUT2D eigenvalue weighted by molar-refractivity contribution is -0.140. The van der Waals surface area contributed by atoms with Crippen molar-refractivity contribution in [2.45, 2.75) is 19.8 Å². The highest BCUT2D eigenvalue weighted by atomic mass is 79.9. The maximum atomic E-state index is 12.5. The Morgan fingerprint density at radius 3 is 2.44 bits per heavy atom. The summed E-state index contributed by atoms with van der Waals surface area (Å²) in [6.07, 6.45) is 1.44. The van der Waals surface area contributed by atoms with Gasteiger partial charge in [-0.15, -0.1) is 0 Å². The van der Waals surface area contributed by atoms with Gasteiger partial charge in [-0.05, 0) is 53.4 Å². The molecule has 3 rings (SSSR count). The van der Waals surface area contributed by atoms with Crippen molar-refractivity contribution in [3.8, 4) is 0 Å². The molecule has 2 aliphatic rings. The van der Waals surface area contributed by atoms with Crippen molar-refractivity contribution in [3.05, 3.63) is 28.2 Å². The number of carbonyl (C=O) groups is 2.